The number of amides is 2. The largest absolute Gasteiger partial charge is 0.350 e. The third-order valence-corrected chi connectivity index (χ3v) is 9.36. The number of carbonyl (C=O) groups excluding carboxylic acids is 2. The van der Waals surface area contributed by atoms with Gasteiger partial charge in [-0.15, -0.1) is 0 Å². The summed E-state index contributed by atoms with van der Waals surface area (Å²) in [4.78, 5) is 26.3. The number of nitrogens with one attached hydrogen (secondary N) is 1. The Kier molecular flexibility index (Phi) is 6.86. The van der Waals surface area contributed by atoms with Gasteiger partial charge >= 0.3 is 0 Å². The molecule has 1 aromatic carbocycles. The van der Waals surface area contributed by atoms with Gasteiger partial charge in [0, 0.05) is 35.8 Å². The highest BCUT2D eigenvalue weighted by Gasteiger charge is 2.53. The van der Waals surface area contributed by atoms with Crippen molar-refractivity contribution in [2.75, 3.05) is 13.1 Å². The van der Waals surface area contributed by atoms with E-state index in [1.54, 1.807) is 21.3 Å². The first-order chi connectivity index (χ1) is 14.9. The lowest BCUT2D eigenvalue weighted by Crippen LogP contribution is -2.67. The van der Waals surface area contributed by atoms with Gasteiger partial charge in [0.1, 0.15) is 0 Å². The van der Waals surface area contributed by atoms with Crippen LogP contribution in [0.15, 0.2) is 43.0 Å². The minimum Gasteiger partial charge on any atom is -0.350 e. The molecule has 1 aromatic rings. The average Bonchev–Trinajstić information content (AvgIpc) is 2.71. The van der Waals surface area contributed by atoms with E-state index >= 15 is 0 Å². The van der Waals surface area contributed by atoms with E-state index in [0.29, 0.717) is 44.3 Å². The van der Waals surface area contributed by atoms with Crippen molar-refractivity contribution in [3.05, 3.63) is 48.6 Å². The normalized spacial score (nSPS) is 22.3. The standard InChI is InChI=1S/C24H35N3O4S/c1-6-21(28)25-19-16-23(2,3)27(24(4,5)17-19)32(30,31)20-12-14-26(15-13-20)22(29)18-10-8-7-9-11-18/h6-11,19-20H,1,12-17H2,2-5H3,(H,25,28). The van der Waals surface area contributed by atoms with E-state index < -0.39 is 26.4 Å². The second kappa shape index (κ2) is 8.98. The van der Waals surface area contributed by atoms with Crippen molar-refractivity contribution < 1.29 is 18.0 Å². The number of piperidine rings is 2. The first kappa shape index (κ1) is 24.5. The lowest BCUT2D eigenvalue weighted by molar-refractivity contribution is -0.118. The molecule has 0 bridgehead atoms. The van der Waals surface area contributed by atoms with Crippen LogP contribution in [0.2, 0.25) is 0 Å². The summed E-state index contributed by atoms with van der Waals surface area (Å²) >= 11 is 0. The van der Waals surface area contributed by atoms with E-state index in [9.17, 15) is 18.0 Å². The summed E-state index contributed by atoms with van der Waals surface area (Å²) in [6, 6.07) is 8.97. The van der Waals surface area contributed by atoms with Crippen LogP contribution in [-0.4, -0.2) is 64.9 Å². The smallest absolute Gasteiger partial charge is 0.253 e. The average molecular weight is 462 g/mol. The predicted molar refractivity (Wildman–Crippen MR) is 126 cm³/mol. The van der Waals surface area contributed by atoms with Gasteiger partial charge in [-0.2, -0.15) is 4.31 Å². The van der Waals surface area contributed by atoms with E-state index in [2.05, 4.69) is 11.9 Å². The maximum Gasteiger partial charge on any atom is 0.253 e. The topological polar surface area (TPSA) is 86.8 Å². The Morgan fingerprint density at radius 1 is 1.03 bits per heavy atom. The lowest BCUT2D eigenvalue weighted by atomic mass is 9.79. The first-order valence-corrected chi connectivity index (χ1v) is 12.7. The number of hydrogen-bond donors (Lipinski definition) is 1. The fourth-order valence-corrected chi connectivity index (χ4v) is 8.22. The summed E-state index contributed by atoms with van der Waals surface area (Å²) in [5, 5.41) is 2.41. The number of rotatable bonds is 5. The van der Waals surface area contributed by atoms with Crippen molar-refractivity contribution in [2.24, 2.45) is 0 Å². The van der Waals surface area contributed by atoms with Crippen molar-refractivity contribution >= 4 is 21.8 Å². The molecule has 2 amide bonds. The van der Waals surface area contributed by atoms with Gasteiger partial charge in [0.25, 0.3) is 5.91 Å². The van der Waals surface area contributed by atoms with Crippen LogP contribution in [-0.2, 0) is 14.8 Å². The molecular formula is C24H35N3O4S. The third kappa shape index (κ3) is 4.91. The zero-order valence-electron chi connectivity index (χ0n) is 19.5. The Hall–Kier alpha value is -2.19. The molecule has 2 aliphatic rings. The molecule has 2 saturated heterocycles. The monoisotopic (exact) mass is 461 g/mol. The van der Waals surface area contributed by atoms with E-state index in [-0.39, 0.29) is 17.9 Å². The Bertz CT molecular complexity index is 946. The summed E-state index contributed by atoms with van der Waals surface area (Å²) < 4.78 is 29.3. The summed E-state index contributed by atoms with van der Waals surface area (Å²) in [5.41, 5.74) is -0.687. The van der Waals surface area contributed by atoms with Gasteiger partial charge < -0.3 is 10.2 Å². The molecule has 0 atom stereocenters. The summed E-state index contributed by atoms with van der Waals surface area (Å²) in [5.74, 6) is -0.297. The number of benzene rings is 1. The zero-order valence-corrected chi connectivity index (χ0v) is 20.3. The van der Waals surface area contributed by atoms with E-state index in [1.165, 1.54) is 6.08 Å². The molecule has 0 spiro atoms. The van der Waals surface area contributed by atoms with Crippen LogP contribution in [0.25, 0.3) is 0 Å². The molecule has 0 aromatic heterocycles. The minimum absolute atomic E-state index is 0.0547. The number of likely N-dealkylation sites (tertiary alicyclic amines) is 1. The van der Waals surface area contributed by atoms with Crippen molar-refractivity contribution in [3.63, 3.8) is 0 Å². The first-order valence-electron chi connectivity index (χ1n) is 11.2. The number of sulfonamides is 1. The van der Waals surface area contributed by atoms with Crippen LogP contribution in [0, 0.1) is 0 Å². The molecule has 1 N–H and O–H groups in total. The quantitative estimate of drug-likeness (QED) is 0.683. The maximum atomic E-state index is 13.8. The van der Waals surface area contributed by atoms with Gasteiger partial charge in [-0.3, -0.25) is 9.59 Å². The van der Waals surface area contributed by atoms with Gasteiger partial charge in [0.2, 0.25) is 15.9 Å². The number of hydrogen-bond acceptors (Lipinski definition) is 4. The highest BCUT2D eigenvalue weighted by molar-refractivity contribution is 7.89. The fourth-order valence-electron chi connectivity index (χ4n) is 5.58. The van der Waals surface area contributed by atoms with Crippen LogP contribution in [0.1, 0.15) is 63.7 Å². The molecule has 2 aliphatic heterocycles. The Labute approximate surface area is 191 Å². The minimum atomic E-state index is -3.61. The van der Waals surface area contributed by atoms with Crippen LogP contribution < -0.4 is 5.32 Å². The van der Waals surface area contributed by atoms with Crippen molar-refractivity contribution in [1.82, 2.24) is 14.5 Å². The SMILES string of the molecule is C=CC(=O)NC1CC(C)(C)N(S(=O)(=O)C2CCN(C(=O)c3ccccc3)CC2)C(C)(C)C1. The molecule has 2 fully saturated rings. The summed E-state index contributed by atoms with van der Waals surface area (Å²) in [6.07, 6.45) is 3.13. The van der Waals surface area contributed by atoms with Gasteiger partial charge in [-0.25, -0.2) is 8.42 Å². The molecule has 8 heteroatoms. The molecule has 0 saturated carbocycles. The second-order valence-electron chi connectivity index (χ2n) is 10.1. The summed E-state index contributed by atoms with van der Waals surface area (Å²) in [6.45, 7) is 12.0. The molecule has 0 aliphatic carbocycles. The second-order valence-corrected chi connectivity index (χ2v) is 12.2. The molecular weight excluding hydrogens is 426 g/mol. The maximum absolute atomic E-state index is 13.8. The van der Waals surface area contributed by atoms with Crippen LogP contribution >= 0.6 is 0 Å². The summed E-state index contributed by atoms with van der Waals surface area (Å²) in [7, 11) is -3.61. The number of nitrogens with zero attached hydrogens (tertiary/aromatic N) is 2. The number of carbonyl (C=O) groups is 2. The molecule has 3 rings (SSSR count). The van der Waals surface area contributed by atoms with Crippen LogP contribution in [0.5, 0.6) is 0 Å². The third-order valence-electron chi connectivity index (χ3n) is 6.55. The van der Waals surface area contributed by atoms with Crippen molar-refractivity contribution in [2.45, 2.75) is 75.7 Å². The molecule has 7 nitrogen and oxygen atoms in total. The molecule has 0 radical (unpaired) electrons. The van der Waals surface area contributed by atoms with Gasteiger partial charge in [-0.1, -0.05) is 24.8 Å². The van der Waals surface area contributed by atoms with Gasteiger partial charge in [-0.05, 0) is 71.6 Å². The molecule has 176 valence electrons. The fraction of sp³-hybridized carbons (Fsp3) is 0.583. The van der Waals surface area contributed by atoms with Crippen molar-refractivity contribution in [3.8, 4) is 0 Å². The van der Waals surface area contributed by atoms with Gasteiger partial charge in [0.05, 0.1) is 5.25 Å². The van der Waals surface area contributed by atoms with Crippen LogP contribution in [0.4, 0.5) is 0 Å². The highest BCUT2D eigenvalue weighted by Crippen LogP contribution is 2.43. The van der Waals surface area contributed by atoms with Gasteiger partial charge in [0.15, 0.2) is 0 Å². The zero-order chi connectivity index (χ0) is 23.7. The Morgan fingerprint density at radius 2 is 1.56 bits per heavy atom. The van der Waals surface area contributed by atoms with Crippen LogP contribution in [0.3, 0.4) is 0 Å². The highest BCUT2D eigenvalue weighted by atomic mass is 32.2. The predicted octanol–water partition coefficient (Wildman–Crippen LogP) is 2.94. The Balaban J connectivity index is 1.74. The molecule has 2 heterocycles. The van der Waals surface area contributed by atoms with E-state index in [0.717, 1.165) is 0 Å². The lowest BCUT2D eigenvalue weighted by Gasteiger charge is -2.55. The molecule has 0 unspecified atom stereocenters. The van der Waals surface area contributed by atoms with Crippen molar-refractivity contribution in [1.29, 1.82) is 0 Å². The van der Waals surface area contributed by atoms with E-state index in [1.807, 2.05) is 45.9 Å². The molecule has 32 heavy (non-hydrogen) atoms. The van der Waals surface area contributed by atoms with E-state index in [4.69, 9.17) is 0 Å². The Morgan fingerprint density at radius 3 is 2.06 bits per heavy atom.